The molecule has 0 aromatic carbocycles. The average molecular weight is 234 g/mol. The summed E-state index contributed by atoms with van der Waals surface area (Å²) in [6.07, 6.45) is 3.37. The molecular formula is C11H14N4O2. The van der Waals surface area contributed by atoms with Crippen LogP contribution in [0.1, 0.15) is 18.4 Å². The molecule has 2 heterocycles. The molecule has 6 nitrogen and oxygen atoms in total. The van der Waals surface area contributed by atoms with Crippen LogP contribution >= 0.6 is 0 Å². The lowest BCUT2D eigenvalue weighted by molar-refractivity contribution is 0.327. The number of hydrogen-bond acceptors (Lipinski definition) is 4. The number of piperidine rings is 1. The molecule has 0 aliphatic carbocycles. The molecule has 0 unspecified atom stereocenters. The van der Waals surface area contributed by atoms with Gasteiger partial charge in [-0.1, -0.05) is 0 Å². The summed E-state index contributed by atoms with van der Waals surface area (Å²) in [6, 6.07) is 1.78. The Morgan fingerprint density at radius 3 is 2.76 bits per heavy atom. The van der Waals surface area contributed by atoms with Gasteiger partial charge in [-0.3, -0.25) is 14.3 Å². The fraction of sp³-hybridized carbons (Fsp3) is 0.545. The lowest BCUT2D eigenvalue weighted by Crippen LogP contribution is -2.36. The van der Waals surface area contributed by atoms with Crippen molar-refractivity contribution < 1.29 is 0 Å². The molecule has 1 aromatic rings. The first-order chi connectivity index (χ1) is 8.20. The van der Waals surface area contributed by atoms with Gasteiger partial charge in [0.15, 0.2) is 0 Å². The molecule has 2 N–H and O–H groups in total. The zero-order valence-electron chi connectivity index (χ0n) is 9.40. The van der Waals surface area contributed by atoms with Gasteiger partial charge < -0.3 is 5.32 Å². The van der Waals surface area contributed by atoms with Gasteiger partial charge in [0.1, 0.15) is 11.6 Å². The number of aromatic nitrogens is 2. The maximum atomic E-state index is 11.6. The first kappa shape index (κ1) is 11.6. The number of rotatable bonds is 2. The smallest absolute Gasteiger partial charge is 0.317 e. The van der Waals surface area contributed by atoms with E-state index in [2.05, 4.69) is 10.3 Å². The van der Waals surface area contributed by atoms with Crippen LogP contribution in [0.15, 0.2) is 15.8 Å². The van der Waals surface area contributed by atoms with Crippen molar-refractivity contribution in [3.8, 4) is 6.07 Å². The largest absolute Gasteiger partial charge is 0.328 e. The van der Waals surface area contributed by atoms with Crippen LogP contribution in [0.25, 0.3) is 0 Å². The Labute approximate surface area is 97.9 Å². The molecule has 2 rings (SSSR count). The number of aromatic amines is 1. The van der Waals surface area contributed by atoms with Crippen molar-refractivity contribution in [2.24, 2.45) is 5.92 Å². The molecule has 1 saturated heterocycles. The summed E-state index contributed by atoms with van der Waals surface area (Å²) in [4.78, 5) is 24.9. The number of hydrogen-bond donors (Lipinski definition) is 2. The van der Waals surface area contributed by atoms with Crippen LogP contribution in [-0.2, 0) is 6.54 Å². The van der Waals surface area contributed by atoms with Crippen molar-refractivity contribution in [1.29, 1.82) is 5.26 Å². The van der Waals surface area contributed by atoms with Crippen molar-refractivity contribution in [2.75, 3.05) is 13.1 Å². The van der Waals surface area contributed by atoms with E-state index < -0.39 is 11.2 Å². The third kappa shape index (κ3) is 2.63. The van der Waals surface area contributed by atoms with Gasteiger partial charge in [-0.15, -0.1) is 0 Å². The maximum Gasteiger partial charge on any atom is 0.328 e. The third-order valence-corrected chi connectivity index (χ3v) is 3.04. The van der Waals surface area contributed by atoms with E-state index in [1.165, 1.54) is 10.8 Å². The highest BCUT2D eigenvalue weighted by molar-refractivity contribution is 5.21. The fourth-order valence-electron chi connectivity index (χ4n) is 2.07. The van der Waals surface area contributed by atoms with Crippen LogP contribution < -0.4 is 16.6 Å². The molecule has 1 aliphatic heterocycles. The van der Waals surface area contributed by atoms with E-state index in [0.717, 1.165) is 25.9 Å². The summed E-state index contributed by atoms with van der Waals surface area (Å²) in [7, 11) is 0. The number of nitrogens with one attached hydrogen (secondary N) is 2. The Morgan fingerprint density at radius 1 is 1.41 bits per heavy atom. The molecule has 1 aromatic heterocycles. The predicted octanol–water partition coefficient (Wildman–Crippen LogP) is -0.592. The lowest BCUT2D eigenvalue weighted by Gasteiger charge is -2.22. The highest BCUT2D eigenvalue weighted by Crippen LogP contribution is 2.12. The summed E-state index contributed by atoms with van der Waals surface area (Å²) >= 11 is 0. The van der Waals surface area contributed by atoms with E-state index in [4.69, 9.17) is 5.26 Å². The van der Waals surface area contributed by atoms with Crippen molar-refractivity contribution in [3.63, 3.8) is 0 Å². The van der Waals surface area contributed by atoms with Gasteiger partial charge in [0.05, 0.1) is 0 Å². The van der Waals surface area contributed by atoms with E-state index in [1.54, 1.807) is 6.07 Å². The van der Waals surface area contributed by atoms with Gasteiger partial charge in [-0.05, 0) is 31.8 Å². The molecule has 0 radical (unpaired) electrons. The van der Waals surface area contributed by atoms with E-state index >= 15 is 0 Å². The predicted molar refractivity (Wildman–Crippen MR) is 61.6 cm³/mol. The number of H-pyrrole nitrogens is 1. The topological polar surface area (TPSA) is 90.7 Å². The highest BCUT2D eigenvalue weighted by Gasteiger charge is 2.14. The van der Waals surface area contributed by atoms with Crippen LogP contribution in [0.3, 0.4) is 0 Å². The second-order valence-corrected chi connectivity index (χ2v) is 4.26. The first-order valence-electron chi connectivity index (χ1n) is 5.65. The molecule has 0 saturated carbocycles. The molecule has 0 bridgehead atoms. The van der Waals surface area contributed by atoms with Gasteiger partial charge >= 0.3 is 5.69 Å². The first-order valence-corrected chi connectivity index (χ1v) is 5.65. The summed E-state index contributed by atoms with van der Waals surface area (Å²) in [5.74, 6) is 0.423. The quantitative estimate of drug-likeness (QED) is 0.715. The van der Waals surface area contributed by atoms with Crippen molar-refractivity contribution in [3.05, 3.63) is 32.6 Å². The van der Waals surface area contributed by atoms with Crippen LogP contribution in [0, 0.1) is 17.2 Å². The Morgan fingerprint density at radius 2 is 2.12 bits per heavy atom. The van der Waals surface area contributed by atoms with Crippen LogP contribution in [-0.4, -0.2) is 22.6 Å². The standard InChI is InChI=1S/C11H14N4O2/c12-5-9-7-15(11(17)14-10(9)16)6-8-1-3-13-4-2-8/h7-8,13H,1-4,6H2,(H,14,16,17). The van der Waals surface area contributed by atoms with E-state index in [0.29, 0.717) is 12.5 Å². The summed E-state index contributed by atoms with van der Waals surface area (Å²) in [5.41, 5.74) is -1.06. The van der Waals surface area contributed by atoms with Gasteiger partial charge in [0.2, 0.25) is 0 Å². The second kappa shape index (κ2) is 4.97. The second-order valence-electron chi connectivity index (χ2n) is 4.26. The zero-order chi connectivity index (χ0) is 12.3. The van der Waals surface area contributed by atoms with Crippen LogP contribution in [0.5, 0.6) is 0 Å². The normalized spacial score (nSPS) is 16.6. The van der Waals surface area contributed by atoms with E-state index in [-0.39, 0.29) is 5.56 Å². The molecular weight excluding hydrogens is 220 g/mol. The van der Waals surface area contributed by atoms with Gasteiger partial charge in [-0.2, -0.15) is 5.26 Å². The Hall–Kier alpha value is -1.87. The summed E-state index contributed by atoms with van der Waals surface area (Å²) in [5, 5.41) is 12.0. The Kier molecular flexibility index (Phi) is 3.40. The van der Waals surface area contributed by atoms with E-state index in [1.807, 2.05) is 0 Å². The molecule has 6 heteroatoms. The minimum atomic E-state index is -0.612. The van der Waals surface area contributed by atoms with Crippen molar-refractivity contribution in [2.45, 2.75) is 19.4 Å². The van der Waals surface area contributed by atoms with Crippen molar-refractivity contribution >= 4 is 0 Å². The fourth-order valence-corrected chi connectivity index (χ4v) is 2.07. The minimum absolute atomic E-state index is 0.0152. The Bertz CT molecular complexity index is 546. The molecule has 0 atom stereocenters. The molecule has 17 heavy (non-hydrogen) atoms. The molecule has 1 aliphatic rings. The minimum Gasteiger partial charge on any atom is -0.317 e. The van der Waals surface area contributed by atoms with Gasteiger partial charge in [-0.25, -0.2) is 4.79 Å². The number of nitrogens with zero attached hydrogens (tertiary/aromatic N) is 2. The molecule has 90 valence electrons. The van der Waals surface area contributed by atoms with Crippen LogP contribution in [0.2, 0.25) is 0 Å². The third-order valence-electron chi connectivity index (χ3n) is 3.04. The lowest BCUT2D eigenvalue weighted by atomic mass is 9.98. The average Bonchev–Trinajstić information content (AvgIpc) is 2.34. The zero-order valence-corrected chi connectivity index (χ0v) is 9.40. The summed E-state index contributed by atoms with van der Waals surface area (Å²) < 4.78 is 1.43. The summed E-state index contributed by atoms with van der Waals surface area (Å²) in [6.45, 7) is 2.47. The molecule has 1 fully saturated rings. The molecule has 0 amide bonds. The van der Waals surface area contributed by atoms with E-state index in [9.17, 15) is 9.59 Å². The van der Waals surface area contributed by atoms with Crippen molar-refractivity contribution in [1.82, 2.24) is 14.9 Å². The molecule has 0 spiro atoms. The highest BCUT2D eigenvalue weighted by atomic mass is 16.2. The van der Waals surface area contributed by atoms with Crippen LogP contribution in [0.4, 0.5) is 0 Å². The van der Waals surface area contributed by atoms with Gasteiger partial charge in [0.25, 0.3) is 5.56 Å². The SMILES string of the molecule is N#Cc1cn(CC2CCNCC2)c(=O)[nH]c1=O. The number of nitriles is 1. The Balaban J connectivity index is 2.23. The monoisotopic (exact) mass is 234 g/mol. The maximum absolute atomic E-state index is 11.6. The van der Waals surface area contributed by atoms with Gasteiger partial charge in [0, 0.05) is 12.7 Å².